The number of methoxy groups -OCH3 is 1. The number of aryl methyl sites for hydroxylation is 1. The number of piperidine rings is 1. The number of anilines is 2. The molecule has 0 saturated carbocycles. The number of benzene rings is 2. The molecule has 1 spiro atoms. The molecular weight excluding hydrogens is 599 g/mol. The van der Waals surface area contributed by atoms with Gasteiger partial charge < -0.3 is 24.4 Å². The summed E-state index contributed by atoms with van der Waals surface area (Å²) >= 11 is 0. The molecule has 11 heteroatoms. The zero-order valence-corrected chi connectivity index (χ0v) is 28.3. The summed E-state index contributed by atoms with van der Waals surface area (Å²) in [5.41, 5.74) is 2.08. The Bertz CT molecular complexity index is 1610. The highest BCUT2D eigenvalue weighted by atomic mass is 28.3. The second-order valence-electron chi connectivity index (χ2n) is 13.3. The van der Waals surface area contributed by atoms with Gasteiger partial charge in [0.1, 0.15) is 5.75 Å². The first kappa shape index (κ1) is 32.2. The van der Waals surface area contributed by atoms with Gasteiger partial charge in [-0.2, -0.15) is 0 Å². The van der Waals surface area contributed by atoms with Crippen LogP contribution in [0.25, 0.3) is 0 Å². The Hall–Kier alpha value is -3.80. The van der Waals surface area contributed by atoms with Crippen molar-refractivity contribution in [2.45, 2.75) is 75.9 Å². The average molecular weight is 644 g/mol. The van der Waals surface area contributed by atoms with Gasteiger partial charge in [0.15, 0.2) is 5.60 Å². The number of aromatic nitrogens is 3. The van der Waals surface area contributed by atoms with Crippen LogP contribution in [-0.4, -0.2) is 72.9 Å². The lowest BCUT2D eigenvalue weighted by atomic mass is 9.82. The second-order valence-corrected chi connectivity index (χ2v) is 18.0. The van der Waals surface area contributed by atoms with E-state index in [2.05, 4.69) is 49.0 Å². The van der Waals surface area contributed by atoms with Crippen molar-refractivity contribution in [1.82, 2.24) is 15.0 Å². The third-order valence-electron chi connectivity index (χ3n) is 10.4. The molecule has 4 atom stereocenters. The fraction of sp³-hybridized carbons (Fsp3) is 0.486. The number of aliphatic hydroxyl groups excluding tert-OH is 1. The highest BCUT2D eigenvalue weighted by Crippen LogP contribution is 2.60. The average Bonchev–Trinajstić information content (AvgIpc) is 3.70. The molecular formula is C35H45N5O5Si. The van der Waals surface area contributed by atoms with Gasteiger partial charge in [-0.05, 0) is 55.1 Å². The molecule has 0 bridgehead atoms. The summed E-state index contributed by atoms with van der Waals surface area (Å²) in [5, 5.41) is 19.1. The van der Waals surface area contributed by atoms with Gasteiger partial charge in [-0.15, -0.1) is 11.7 Å². The maximum atomic E-state index is 14.7. The van der Waals surface area contributed by atoms with Crippen molar-refractivity contribution >= 4 is 36.4 Å². The van der Waals surface area contributed by atoms with Crippen LogP contribution < -0.4 is 19.7 Å². The molecule has 4 heterocycles. The van der Waals surface area contributed by atoms with Gasteiger partial charge >= 0.3 is 0 Å². The first-order valence-corrected chi connectivity index (χ1v) is 19.4. The molecule has 1 N–H and O–H groups in total. The first-order valence-electron chi connectivity index (χ1n) is 16.4. The number of carbonyl (C=O) groups is 2. The summed E-state index contributed by atoms with van der Waals surface area (Å²) in [6, 6.07) is 14.3. The monoisotopic (exact) mass is 643 g/mol. The maximum absolute atomic E-state index is 14.7. The van der Waals surface area contributed by atoms with Crippen LogP contribution in [0, 0.1) is 5.92 Å². The van der Waals surface area contributed by atoms with Crippen LogP contribution in [0.5, 0.6) is 5.75 Å². The Balaban J connectivity index is 1.44. The predicted molar refractivity (Wildman–Crippen MR) is 180 cm³/mol. The molecule has 0 radical (unpaired) electrons. The molecule has 1 aromatic heterocycles. The Kier molecular flexibility index (Phi) is 8.93. The van der Waals surface area contributed by atoms with E-state index in [0.29, 0.717) is 38.9 Å². The van der Waals surface area contributed by atoms with Crippen LogP contribution in [-0.2, 0) is 32.9 Å². The number of aliphatic hydroxyl groups is 1. The molecule has 3 aliphatic heterocycles. The number of ether oxygens (including phenoxy) is 2. The Morgan fingerprint density at radius 3 is 2.65 bits per heavy atom. The van der Waals surface area contributed by atoms with Crippen molar-refractivity contribution < 1.29 is 24.2 Å². The second kappa shape index (κ2) is 12.8. The number of carbonyl (C=O) groups excluding carboxylic acids is 2. The predicted octanol–water partition coefficient (Wildman–Crippen LogP) is 4.18. The number of fused-ring (bicyclic) bond motifs is 2. The van der Waals surface area contributed by atoms with E-state index in [1.54, 1.807) is 22.8 Å². The van der Waals surface area contributed by atoms with Crippen LogP contribution >= 0.6 is 0 Å². The van der Waals surface area contributed by atoms with Gasteiger partial charge in [-0.1, -0.05) is 48.6 Å². The largest absolute Gasteiger partial charge is 0.497 e. The van der Waals surface area contributed by atoms with Crippen molar-refractivity contribution in [3.05, 3.63) is 72.6 Å². The van der Waals surface area contributed by atoms with E-state index in [1.807, 2.05) is 41.4 Å². The van der Waals surface area contributed by atoms with Gasteiger partial charge in [-0.25, -0.2) is 0 Å². The van der Waals surface area contributed by atoms with Gasteiger partial charge in [0.05, 0.1) is 32.7 Å². The first-order chi connectivity index (χ1) is 22.1. The molecule has 2 fully saturated rings. The molecule has 3 aromatic rings. The number of hydrogen-bond acceptors (Lipinski definition) is 7. The van der Waals surface area contributed by atoms with E-state index in [4.69, 9.17) is 9.47 Å². The molecule has 244 valence electrons. The number of hydrogen-bond donors (Lipinski definition) is 1. The summed E-state index contributed by atoms with van der Waals surface area (Å²) in [6.07, 6.45) is 6.85. The van der Waals surface area contributed by atoms with Crippen LogP contribution in [0.2, 0.25) is 18.6 Å². The van der Waals surface area contributed by atoms with Gasteiger partial charge in [-0.3, -0.25) is 14.3 Å². The SMILES string of the molecule is C=CCN1C(=O)[C@@]2(O[C@@H](CCn3cc(CCO)nn3)[C@H]([Si](C)(C)c3ccc(OC)cc3)[C@H]2C)c2cc(N3CCCCC3=O)ccc21. The maximum Gasteiger partial charge on any atom is 0.264 e. The minimum atomic E-state index is -2.31. The third kappa shape index (κ3) is 5.37. The molecule has 2 amide bonds. The van der Waals surface area contributed by atoms with Crippen molar-refractivity contribution in [2.75, 3.05) is 36.6 Å². The summed E-state index contributed by atoms with van der Waals surface area (Å²) in [6.45, 7) is 12.5. The molecule has 2 saturated heterocycles. The number of rotatable bonds is 11. The van der Waals surface area contributed by atoms with Gasteiger partial charge in [0, 0.05) is 62.4 Å². The molecule has 0 aliphatic carbocycles. The fourth-order valence-electron chi connectivity index (χ4n) is 8.06. The van der Waals surface area contributed by atoms with Crippen LogP contribution in [0.4, 0.5) is 11.4 Å². The molecule has 46 heavy (non-hydrogen) atoms. The molecule has 3 aliphatic rings. The zero-order chi connectivity index (χ0) is 32.6. The van der Waals surface area contributed by atoms with E-state index in [0.717, 1.165) is 41.2 Å². The standard InChI is InChI=1S/C35H45N5O5Si/c1-6-18-40-30-15-10-26(39-19-8-7-9-32(39)42)22-29(30)35(34(40)43)24(2)33(46(4,5)28-13-11-27(44-3)12-14-28)31(45-35)16-20-38-23-25(17-21-41)36-37-38/h6,10-15,22-24,31,33,41H,1,7-9,16-21H2,2-5H3/t24-,31+,33-,35+/m1/s1. The van der Waals surface area contributed by atoms with Crippen LogP contribution in [0.3, 0.4) is 0 Å². The Morgan fingerprint density at radius 1 is 1.17 bits per heavy atom. The molecule has 6 rings (SSSR count). The summed E-state index contributed by atoms with van der Waals surface area (Å²) in [4.78, 5) is 31.4. The molecule has 10 nitrogen and oxygen atoms in total. The lowest BCUT2D eigenvalue weighted by Crippen LogP contribution is -2.52. The zero-order valence-electron chi connectivity index (χ0n) is 27.3. The topological polar surface area (TPSA) is 110 Å². The van der Waals surface area contributed by atoms with E-state index >= 15 is 0 Å². The van der Waals surface area contributed by atoms with E-state index in [1.165, 1.54) is 5.19 Å². The van der Waals surface area contributed by atoms with Crippen LogP contribution in [0.1, 0.15) is 43.9 Å². The third-order valence-corrected chi connectivity index (χ3v) is 14.7. The minimum absolute atomic E-state index is 0.0158. The van der Waals surface area contributed by atoms with Crippen molar-refractivity contribution in [3.63, 3.8) is 0 Å². The van der Waals surface area contributed by atoms with E-state index in [-0.39, 0.29) is 36.0 Å². The Labute approximate surface area is 272 Å². The van der Waals surface area contributed by atoms with E-state index in [9.17, 15) is 14.7 Å². The van der Waals surface area contributed by atoms with Crippen molar-refractivity contribution in [3.8, 4) is 5.75 Å². The quantitative estimate of drug-likeness (QED) is 0.247. The van der Waals surface area contributed by atoms with Gasteiger partial charge in [0.25, 0.3) is 5.91 Å². The minimum Gasteiger partial charge on any atom is -0.497 e. The van der Waals surface area contributed by atoms with E-state index < -0.39 is 13.7 Å². The summed E-state index contributed by atoms with van der Waals surface area (Å²) < 4.78 is 14.5. The molecule has 0 unspecified atom stereocenters. The normalized spacial score (nSPS) is 24.6. The van der Waals surface area contributed by atoms with Crippen LogP contribution in [0.15, 0.2) is 61.3 Å². The van der Waals surface area contributed by atoms with Crippen molar-refractivity contribution in [2.24, 2.45) is 5.92 Å². The highest BCUT2D eigenvalue weighted by molar-refractivity contribution is 6.91. The molecule has 2 aromatic carbocycles. The summed E-state index contributed by atoms with van der Waals surface area (Å²) in [7, 11) is -0.639. The van der Waals surface area contributed by atoms with Crippen molar-refractivity contribution in [1.29, 1.82) is 0 Å². The number of nitrogens with zero attached hydrogens (tertiary/aromatic N) is 5. The lowest BCUT2D eigenvalue weighted by molar-refractivity contribution is -0.145. The highest BCUT2D eigenvalue weighted by Gasteiger charge is 2.66. The number of amides is 2. The Morgan fingerprint density at radius 2 is 1.96 bits per heavy atom. The smallest absolute Gasteiger partial charge is 0.264 e. The van der Waals surface area contributed by atoms with Gasteiger partial charge in [0.2, 0.25) is 5.91 Å². The summed E-state index contributed by atoms with van der Waals surface area (Å²) in [5.74, 6) is 0.692. The fourth-order valence-corrected chi connectivity index (χ4v) is 12.1. The lowest BCUT2D eigenvalue weighted by Gasteiger charge is -2.37.